The van der Waals surface area contributed by atoms with Crippen LogP contribution in [0, 0.1) is 0 Å². The van der Waals surface area contributed by atoms with Crippen molar-refractivity contribution in [2.24, 2.45) is 0 Å². The first-order valence-corrected chi connectivity index (χ1v) is 7.16. The van der Waals surface area contributed by atoms with E-state index in [9.17, 15) is 4.57 Å². The lowest BCUT2D eigenvalue weighted by Gasteiger charge is -2.24. The molecule has 0 saturated heterocycles. The van der Waals surface area contributed by atoms with Gasteiger partial charge in [-0.2, -0.15) is 0 Å². The summed E-state index contributed by atoms with van der Waals surface area (Å²) in [6, 6.07) is 0. The molecule has 0 aromatic heterocycles. The molecule has 0 bridgehead atoms. The summed E-state index contributed by atoms with van der Waals surface area (Å²) in [6.45, 7) is 4.34. The summed E-state index contributed by atoms with van der Waals surface area (Å²) in [6.07, 6.45) is 0.560. The Kier molecular flexibility index (Phi) is 9.12. The van der Waals surface area contributed by atoms with E-state index in [1.165, 1.54) is 4.90 Å². The lowest BCUT2D eigenvalue weighted by Crippen LogP contribution is -2.28. The molecule has 0 aliphatic heterocycles. The Morgan fingerprint density at radius 1 is 1.19 bits per heavy atom. The van der Waals surface area contributed by atoms with Gasteiger partial charge < -0.3 is 19.3 Å². The van der Waals surface area contributed by atoms with Gasteiger partial charge in [-0.1, -0.05) is 0 Å². The molecular weight excluding hydrogens is 233 g/mol. The van der Waals surface area contributed by atoms with E-state index in [0.717, 1.165) is 0 Å². The van der Waals surface area contributed by atoms with Crippen LogP contribution in [0.5, 0.6) is 0 Å². The smallest absolute Gasteiger partial charge is 0.344 e. The van der Waals surface area contributed by atoms with Crippen LogP contribution in [-0.2, 0) is 13.6 Å². The van der Waals surface area contributed by atoms with E-state index in [0.29, 0.717) is 26.2 Å². The predicted octanol–water partition coefficient (Wildman–Crippen LogP) is 0.844. The van der Waals surface area contributed by atoms with Gasteiger partial charge in [-0.15, -0.1) is 0 Å². The number of nitrogens with zero attached hydrogens (tertiary/aromatic N) is 1. The maximum absolute atomic E-state index is 12.1. The second-order valence-electron chi connectivity index (χ2n) is 3.20. The number of aliphatic hydroxyl groups is 2. The van der Waals surface area contributed by atoms with Gasteiger partial charge in [-0.3, -0.25) is 9.46 Å². The highest BCUT2D eigenvalue weighted by molar-refractivity contribution is 7.53. The van der Waals surface area contributed by atoms with Crippen LogP contribution in [-0.4, -0.2) is 54.5 Å². The molecule has 0 heterocycles. The van der Waals surface area contributed by atoms with Crippen molar-refractivity contribution in [2.45, 2.75) is 20.3 Å². The summed E-state index contributed by atoms with van der Waals surface area (Å²) in [5.74, 6) is 0. The van der Waals surface area contributed by atoms with Crippen LogP contribution in [0.3, 0.4) is 0 Å². The number of hydrogen-bond donors (Lipinski definition) is 2. The van der Waals surface area contributed by atoms with Gasteiger partial charge in [0, 0.05) is 13.2 Å². The SMILES string of the molecule is CCOP(=O)(CN(CO)CCCO)OCC. The summed E-state index contributed by atoms with van der Waals surface area (Å²) in [5, 5.41) is 17.7. The summed E-state index contributed by atoms with van der Waals surface area (Å²) in [7, 11) is -3.15. The Balaban J connectivity index is 4.27. The minimum atomic E-state index is -3.15. The molecule has 0 rings (SSSR count). The molecule has 0 aliphatic rings. The second kappa shape index (κ2) is 9.10. The van der Waals surface area contributed by atoms with E-state index in [1.54, 1.807) is 13.8 Å². The van der Waals surface area contributed by atoms with Gasteiger partial charge in [-0.25, -0.2) is 0 Å². The molecule has 0 unspecified atom stereocenters. The molecule has 0 radical (unpaired) electrons. The Bertz CT molecular complexity index is 204. The average molecular weight is 255 g/mol. The maximum atomic E-state index is 12.1. The van der Waals surface area contributed by atoms with Crippen molar-refractivity contribution < 1.29 is 23.8 Å². The van der Waals surface area contributed by atoms with Gasteiger partial charge in [0.15, 0.2) is 0 Å². The fourth-order valence-electron chi connectivity index (χ4n) is 1.24. The Morgan fingerprint density at radius 2 is 1.75 bits per heavy atom. The highest BCUT2D eigenvalue weighted by atomic mass is 31.2. The van der Waals surface area contributed by atoms with E-state index in [2.05, 4.69) is 0 Å². The summed E-state index contributed by atoms with van der Waals surface area (Å²) >= 11 is 0. The van der Waals surface area contributed by atoms with Gasteiger partial charge in [0.05, 0.1) is 19.9 Å². The zero-order valence-corrected chi connectivity index (χ0v) is 10.9. The van der Waals surface area contributed by atoms with Crippen molar-refractivity contribution >= 4 is 7.60 Å². The molecule has 0 saturated carbocycles. The van der Waals surface area contributed by atoms with Crippen molar-refractivity contribution in [3.63, 3.8) is 0 Å². The summed E-state index contributed by atoms with van der Waals surface area (Å²) < 4.78 is 22.3. The molecule has 2 N–H and O–H groups in total. The fourth-order valence-corrected chi connectivity index (χ4v) is 2.98. The zero-order valence-electron chi connectivity index (χ0n) is 9.96. The van der Waals surface area contributed by atoms with Gasteiger partial charge >= 0.3 is 7.60 Å². The van der Waals surface area contributed by atoms with E-state index >= 15 is 0 Å². The summed E-state index contributed by atoms with van der Waals surface area (Å²) in [5.41, 5.74) is 0. The lowest BCUT2D eigenvalue weighted by molar-refractivity contribution is 0.103. The van der Waals surface area contributed by atoms with E-state index in [-0.39, 0.29) is 19.6 Å². The van der Waals surface area contributed by atoms with E-state index < -0.39 is 7.60 Å². The van der Waals surface area contributed by atoms with Crippen LogP contribution >= 0.6 is 7.60 Å². The molecule has 0 fully saturated rings. The van der Waals surface area contributed by atoms with Crippen LogP contribution in [0.2, 0.25) is 0 Å². The average Bonchev–Trinajstić information content (AvgIpc) is 2.25. The third kappa shape index (κ3) is 6.58. The molecule has 0 spiro atoms. The monoisotopic (exact) mass is 255 g/mol. The lowest BCUT2D eigenvalue weighted by atomic mass is 10.4. The van der Waals surface area contributed by atoms with Gasteiger partial charge in [0.2, 0.25) is 0 Å². The van der Waals surface area contributed by atoms with Gasteiger partial charge in [0.25, 0.3) is 0 Å². The van der Waals surface area contributed by atoms with Gasteiger partial charge in [-0.05, 0) is 20.3 Å². The molecule has 6 nitrogen and oxygen atoms in total. The van der Waals surface area contributed by atoms with Crippen LogP contribution in [0.25, 0.3) is 0 Å². The molecule has 0 aromatic carbocycles. The predicted molar refractivity (Wildman–Crippen MR) is 61.2 cm³/mol. The highest BCUT2D eigenvalue weighted by Crippen LogP contribution is 2.48. The standard InChI is InChI=1S/C9H22NO5P/c1-3-14-16(13,15-4-2)9-10(8-12)6-5-7-11/h11-12H,3-9H2,1-2H3. The molecular formula is C9H22NO5P. The van der Waals surface area contributed by atoms with Crippen LogP contribution in [0.1, 0.15) is 20.3 Å². The first-order valence-electron chi connectivity index (χ1n) is 5.44. The normalized spacial score (nSPS) is 12.3. The van der Waals surface area contributed by atoms with E-state index in [1.807, 2.05) is 0 Å². The Labute approximate surface area is 96.7 Å². The maximum Gasteiger partial charge on any atom is 0.344 e. The molecule has 0 aromatic rings. The molecule has 98 valence electrons. The highest BCUT2D eigenvalue weighted by Gasteiger charge is 2.26. The Hall–Kier alpha value is 0.0300. The largest absolute Gasteiger partial charge is 0.396 e. The van der Waals surface area contributed by atoms with Crippen molar-refractivity contribution in [1.82, 2.24) is 4.90 Å². The first kappa shape index (κ1) is 16.0. The van der Waals surface area contributed by atoms with Gasteiger partial charge in [0.1, 0.15) is 6.29 Å². The molecule has 0 amide bonds. The molecule has 0 atom stereocenters. The van der Waals surface area contributed by atoms with Crippen molar-refractivity contribution in [1.29, 1.82) is 0 Å². The third-order valence-electron chi connectivity index (χ3n) is 1.86. The zero-order chi connectivity index (χ0) is 12.4. The Morgan fingerprint density at radius 3 is 2.12 bits per heavy atom. The van der Waals surface area contributed by atoms with Crippen molar-refractivity contribution in [3.05, 3.63) is 0 Å². The second-order valence-corrected chi connectivity index (χ2v) is 5.22. The van der Waals surface area contributed by atoms with Crippen LogP contribution in [0.15, 0.2) is 0 Å². The topological polar surface area (TPSA) is 79.2 Å². The minimum absolute atomic E-state index is 0.0318. The van der Waals surface area contributed by atoms with E-state index in [4.69, 9.17) is 19.3 Å². The third-order valence-corrected chi connectivity index (χ3v) is 3.91. The number of hydrogen-bond acceptors (Lipinski definition) is 6. The van der Waals surface area contributed by atoms with Crippen molar-refractivity contribution in [3.8, 4) is 0 Å². The number of rotatable bonds is 10. The van der Waals surface area contributed by atoms with Crippen LogP contribution < -0.4 is 0 Å². The first-order chi connectivity index (χ1) is 7.61. The summed E-state index contributed by atoms with van der Waals surface area (Å²) in [4.78, 5) is 1.53. The molecule has 7 heteroatoms. The molecule has 0 aliphatic carbocycles. The number of aliphatic hydroxyl groups excluding tert-OH is 2. The minimum Gasteiger partial charge on any atom is -0.396 e. The van der Waals surface area contributed by atoms with Crippen LogP contribution in [0.4, 0.5) is 0 Å². The van der Waals surface area contributed by atoms with Crippen molar-refractivity contribution in [2.75, 3.05) is 39.4 Å². The molecule has 16 heavy (non-hydrogen) atoms. The quantitative estimate of drug-likeness (QED) is 0.445. The fraction of sp³-hybridized carbons (Fsp3) is 1.00.